The molecule has 1 aliphatic carbocycles. The first-order valence-electron chi connectivity index (χ1n) is 10.9. The molecule has 1 N–H and O–H groups in total. The van der Waals surface area contributed by atoms with Gasteiger partial charge in [0.1, 0.15) is 17.1 Å². The van der Waals surface area contributed by atoms with Gasteiger partial charge in [0.2, 0.25) is 0 Å². The summed E-state index contributed by atoms with van der Waals surface area (Å²) in [5.41, 5.74) is 4.05. The number of aryl methyl sites for hydroxylation is 1. The largest absolute Gasteiger partial charge is 0.497 e. The van der Waals surface area contributed by atoms with Crippen LogP contribution in [-0.2, 0) is 12.8 Å². The van der Waals surface area contributed by atoms with Gasteiger partial charge in [0.25, 0.3) is 0 Å². The van der Waals surface area contributed by atoms with Crippen LogP contribution in [-0.4, -0.2) is 41.8 Å². The third kappa shape index (κ3) is 4.13. The van der Waals surface area contributed by atoms with Gasteiger partial charge in [-0.15, -0.1) is 12.4 Å². The molecule has 2 aromatic rings. The third-order valence-electron chi connectivity index (χ3n) is 7.23. The number of halogens is 1. The van der Waals surface area contributed by atoms with Gasteiger partial charge in [-0.25, -0.2) is 0 Å². The highest BCUT2D eigenvalue weighted by molar-refractivity contribution is 5.85. The van der Waals surface area contributed by atoms with Crippen molar-refractivity contribution in [2.24, 2.45) is 0 Å². The van der Waals surface area contributed by atoms with Crippen LogP contribution in [0.3, 0.4) is 0 Å². The van der Waals surface area contributed by atoms with Gasteiger partial charge in [0, 0.05) is 31.1 Å². The van der Waals surface area contributed by atoms with Gasteiger partial charge in [0.05, 0.1) is 24.8 Å². The number of methoxy groups -OCH3 is 1. The van der Waals surface area contributed by atoms with E-state index in [1.54, 1.807) is 7.11 Å². The summed E-state index contributed by atoms with van der Waals surface area (Å²) in [4.78, 5) is 2.60. The molecule has 1 fully saturated rings. The van der Waals surface area contributed by atoms with E-state index >= 15 is 0 Å². The molecule has 2 aliphatic heterocycles. The summed E-state index contributed by atoms with van der Waals surface area (Å²) >= 11 is 0. The lowest BCUT2D eigenvalue weighted by molar-refractivity contribution is -0.0609. The standard InChI is InChI=1S/C25H28N2O3.ClH/c1-29-21-6-7-24-22(14-21)23(28)15-25(30-24)8-10-27(11-9-25)20-5-4-18-12-17(16-26)2-3-19(18)13-20;/h2-3,6-7,12,14,20,23,28H,4-5,8-11,13,15H2,1H3;1H. The normalized spacial score (nSPS) is 24.2. The Morgan fingerprint density at radius 2 is 1.97 bits per heavy atom. The summed E-state index contributed by atoms with van der Waals surface area (Å²) in [6, 6.07) is 14.6. The van der Waals surface area contributed by atoms with Crippen LogP contribution in [0, 0.1) is 11.3 Å². The zero-order valence-corrected chi connectivity index (χ0v) is 18.7. The van der Waals surface area contributed by atoms with Gasteiger partial charge >= 0.3 is 0 Å². The van der Waals surface area contributed by atoms with Crippen LogP contribution >= 0.6 is 12.4 Å². The quantitative estimate of drug-likeness (QED) is 0.758. The molecule has 164 valence electrons. The van der Waals surface area contributed by atoms with Crippen molar-refractivity contribution in [3.63, 3.8) is 0 Å². The lowest BCUT2D eigenvalue weighted by Gasteiger charge is -2.48. The van der Waals surface area contributed by atoms with Crippen molar-refractivity contribution in [3.05, 3.63) is 58.7 Å². The monoisotopic (exact) mass is 440 g/mol. The first kappa shape index (κ1) is 22.0. The molecule has 1 saturated heterocycles. The molecular weight excluding hydrogens is 412 g/mol. The molecule has 0 radical (unpaired) electrons. The first-order valence-corrected chi connectivity index (χ1v) is 10.9. The Kier molecular flexibility index (Phi) is 6.16. The number of ether oxygens (including phenoxy) is 2. The SMILES string of the molecule is COc1ccc2c(c1)C(O)CC1(CCN(C3CCc4cc(C#N)ccc4C3)CC1)O2.Cl. The van der Waals surface area contributed by atoms with Crippen LogP contribution in [0.4, 0.5) is 0 Å². The van der Waals surface area contributed by atoms with Gasteiger partial charge in [-0.05, 0) is 73.6 Å². The van der Waals surface area contributed by atoms with Crippen LogP contribution in [0.1, 0.15) is 54.0 Å². The number of nitriles is 1. The number of aliphatic hydroxyl groups is 1. The minimum Gasteiger partial charge on any atom is -0.497 e. The highest BCUT2D eigenvalue weighted by Gasteiger charge is 2.44. The highest BCUT2D eigenvalue weighted by atomic mass is 35.5. The fraction of sp³-hybridized carbons (Fsp3) is 0.480. The summed E-state index contributed by atoms with van der Waals surface area (Å²) in [6.45, 7) is 1.99. The molecule has 2 heterocycles. The van der Waals surface area contributed by atoms with Crippen molar-refractivity contribution >= 4 is 12.4 Å². The minimum atomic E-state index is -0.508. The predicted molar refractivity (Wildman–Crippen MR) is 121 cm³/mol. The number of nitrogens with zero attached hydrogens (tertiary/aromatic N) is 2. The predicted octanol–water partition coefficient (Wildman–Crippen LogP) is 4.20. The second-order valence-electron chi connectivity index (χ2n) is 8.94. The fourth-order valence-corrected chi connectivity index (χ4v) is 5.46. The Hall–Kier alpha value is -2.26. The number of aliphatic hydroxyl groups excluding tert-OH is 1. The molecule has 2 unspecified atom stereocenters. The smallest absolute Gasteiger partial charge is 0.126 e. The molecule has 5 nitrogen and oxygen atoms in total. The number of hydrogen-bond donors (Lipinski definition) is 1. The summed E-state index contributed by atoms with van der Waals surface area (Å²) in [5, 5.41) is 19.9. The Morgan fingerprint density at radius 3 is 2.71 bits per heavy atom. The first-order chi connectivity index (χ1) is 14.6. The molecule has 6 heteroatoms. The Balaban J connectivity index is 0.00000231. The van der Waals surface area contributed by atoms with Crippen molar-refractivity contribution in [1.29, 1.82) is 5.26 Å². The van der Waals surface area contributed by atoms with Crippen molar-refractivity contribution < 1.29 is 14.6 Å². The van der Waals surface area contributed by atoms with Crippen molar-refractivity contribution in [2.75, 3.05) is 20.2 Å². The van der Waals surface area contributed by atoms with Crippen molar-refractivity contribution in [1.82, 2.24) is 4.90 Å². The van der Waals surface area contributed by atoms with Gasteiger partial charge in [-0.2, -0.15) is 5.26 Å². The van der Waals surface area contributed by atoms with Crippen LogP contribution < -0.4 is 9.47 Å². The highest BCUT2D eigenvalue weighted by Crippen LogP contribution is 2.45. The molecule has 0 bridgehead atoms. The van der Waals surface area contributed by atoms with E-state index in [0.717, 1.165) is 67.8 Å². The van der Waals surface area contributed by atoms with E-state index in [1.165, 1.54) is 11.1 Å². The maximum absolute atomic E-state index is 10.8. The summed E-state index contributed by atoms with van der Waals surface area (Å²) in [7, 11) is 1.64. The minimum absolute atomic E-state index is 0. The summed E-state index contributed by atoms with van der Waals surface area (Å²) < 4.78 is 11.8. The number of likely N-dealkylation sites (tertiary alicyclic amines) is 1. The Morgan fingerprint density at radius 1 is 1.16 bits per heavy atom. The third-order valence-corrected chi connectivity index (χ3v) is 7.23. The summed E-state index contributed by atoms with van der Waals surface area (Å²) in [5.74, 6) is 1.55. The van der Waals surface area contributed by atoms with Gasteiger partial charge in [-0.3, -0.25) is 4.90 Å². The molecule has 2 aromatic carbocycles. The zero-order valence-electron chi connectivity index (χ0n) is 17.8. The van der Waals surface area contributed by atoms with Crippen LogP contribution in [0.5, 0.6) is 11.5 Å². The van der Waals surface area contributed by atoms with E-state index in [-0.39, 0.29) is 18.0 Å². The number of rotatable bonds is 2. The second kappa shape index (κ2) is 8.70. The molecule has 0 amide bonds. The maximum Gasteiger partial charge on any atom is 0.126 e. The molecule has 5 rings (SSSR count). The Bertz CT molecular complexity index is 995. The molecular formula is C25H29ClN2O3. The van der Waals surface area contributed by atoms with Crippen LogP contribution in [0.2, 0.25) is 0 Å². The van der Waals surface area contributed by atoms with Crippen LogP contribution in [0.25, 0.3) is 0 Å². The second-order valence-corrected chi connectivity index (χ2v) is 8.94. The average Bonchev–Trinajstić information content (AvgIpc) is 2.78. The van der Waals surface area contributed by atoms with Crippen LogP contribution in [0.15, 0.2) is 36.4 Å². The number of benzene rings is 2. The van der Waals surface area contributed by atoms with Crippen molar-refractivity contribution in [2.45, 2.75) is 56.3 Å². The number of piperidine rings is 1. The molecule has 0 saturated carbocycles. The van der Waals surface area contributed by atoms with E-state index in [1.807, 2.05) is 24.3 Å². The lowest BCUT2D eigenvalue weighted by atomic mass is 9.80. The zero-order chi connectivity index (χ0) is 20.7. The molecule has 0 aromatic heterocycles. The van der Waals surface area contributed by atoms with E-state index in [2.05, 4.69) is 23.1 Å². The van der Waals surface area contributed by atoms with E-state index in [9.17, 15) is 5.11 Å². The van der Waals surface area contributed by atoms with Gasteiger partial charge in [-0.1, -0.05) is 6.07 Å². The van der Waals surface area contributed by atoms with E-state index in [0.29, 0.717) is 12.5 Å². The molecule has 3 aliphatic rings. The van der Waals surface area contributed by atoms with E-state index in [4.69, 9.17) is 14.7 Å². The molecule has 1 spiro atoms. The molecule has 2 atom stereocenters. The average molecular weight is 441 g/mol. The number of hydrogen-bond acceptors (Lipinski definition) is 5. The van der Waals surface area contributed by atoms with E-state index < -0.39 is 6.10 Å². The number of fused-ring (bicyclic) bond motifs is 2. The molecule has 31 heavy (non-hydrogen) atoms. The summed E-state index contributed by atoms with van der Waals surface area (Å²) in [6.07, 6.45) is 5.25. The maximum atomic E-state index is 10.8. The topological polar surface area (TPSA) is 65.7 Å². The fourth-order valence-electron chi connectivity index (χ4n) is 5.46. The lowest BCUT2D eigenvalue weighted by Crippen LogP contribution is -2.53. The van der Waals surface area contributed by atoms with Crippen molar-refractivity contribution in [3.8, 4) is 17.6 Å². The Labute approximate surface area is 190 Å². The van der Waals surface area contributed by atoms with Gasteiger partial charge < -0.3 is 14.6 Å². The van der Waals surface area contributed by atoms with Gasteiger partial charge in [0.15, 0.2) is 0 Å².